The molecule has 0 unspecified atom stereocenters. The van der Waals surface area contributed by atoms with Gasteiger partial charge in [-0.05, 0) is 19.3 Å². The Morgan fingerprint density at radius 3 is 0.625 bits per heavy atom. The smallest absolute Gasteiger partial charge is 0.306 e. The van der Waals surface area contributed by atoms with Crippen molar-refractivity contribution in [3.63, 3.8) is 0 Å². The molecule has 0 radical (unpaired) electrons. The maximum absolute atomic E-state index is 12.8. The zero-order chi connectivity index (χ0) is 46.5. The second-order valence-corrected chi connectivity index (χ2v) is 19.9. The van der Waals surface area contributed by atoms with E-state index in [1.54, 1.807) is 0 Å². The number of esters is 3. The van der Waals surface area contributed by atoms with E-state index in [-0.39, 0.29) is 31.1 Å². The molecule has 0 aliphatic carbocycles. The molecule has 0 saturated heterocycles. The molecule has 0 amide bonds. The number of carbonyl (C=O) groups excluding carboxylic acids is 3. The molecule has 0 aromatic carbocycles. The average molecular weight is 906 g/mol. The van der Waals surface area contributed by atoms with Gasteiger partial charge in [0.15, 0.2) is 6.10 Å². The standard InChI is InChI=1S/C58H112O6/c1-4-7-10-13-16-19-22-25-27-28-29-30-31-34-37-40-43-46-49-52-58(61)64-55(53-62-56(59)50-47-44-41-38-35-32-24-21-18-15-12-9-6-3)54-63-57(60)51-48-45-42-39-36-33-26-23-20-17-14-11-8-5-2/h55H,4-54H2,1-3H3/t55-/m0/s1. The van der Waals surface area contributed by atoms with E-state index in [1.165, 1.54) is 238 Å². The van der Waals surface area contributed by atoms with Crippen LogP contribution in [0.2, 0.25) is 0 Å². The summed E-state index contributed by atoms with van der Waals surface area (Å²) in [6.45, 7) is 6.71. The summed E-state index contributed by atoms with van der Waals surface area (Å²) >= 11 is 0. The SMILES string of the molecule is CCCCCCCCCCCCCCCCCCCCCC(=O)O[C@@H](COC(=O)CCCCCCCCCCCCCCC)COC(=O)CCCCCCCCCCCCCCCC. The van der Waals surface area contributed by atoms with E-state index in [0.29, 0.717) is 19.3 Å². The zero-order valence-electron chi connectivity index (χ0n) is 43.6. The van der Waals surface area contributed by atoms with Crippen molar-refractivity contribution < 1.29 is 28.6 Å². The fraction of sp³-hybridized carbons (Fsp3) is 0.948. The Morgan fingerprint density at radius 2 is 0.422 bits per heavy atom. The molecule has 6 nitrogen and oxygen atoms in total. The van der Waals surface area contributed by atoms with Crippen LogP contribution in [0.15, 0.2) is 0 Å². The molecule has 0 N–H and O–H groups in total. The minimum absolute atomic E-state index is 0.0611. The molecule has 0 spiro atoms. The predicted octanol–water partition coefficient (Wildman–Crippen LogP) is 19.2. The summed E-state index contributed by atoms with van der Waals surface area (Å²) in [6, 6.07) is 0. The molecule has 0 aliphatic heterocycles. The Balaban J connectivity index is 4.27. The third kappa shape index (κ3) is 51.4. The fourth-order valence-electron chi connectivity index (χ4n) is 8.98. The molecule has 6 heteroatoms. The molecule has 64 heavy (non-hydrogen) atoms. The molecule has 0 fully saturated rings. The number of unbranched alkanes of at least 4 members (excludes halogenated alkanes) is 43. The van der Waals surface area contributed by atoms with Gasteiger partial charge in [-0.3, -0.25) is 14.4 Å². The minimum Gasteiger partial charge on any atom is -0.462 e. The van der Waals surface area contributed by atoms with Crippen LogP contribution in [0.4, 0.5) is 0 Å². The van der Waals surface area contributed by atoms with Crippen LogP contribution in [0.3, 0.4) is 0 Å². The van der Waals surface area contributed by atoms with Crippen LogP contribution in [0.25, 0.3) is 0 Å². The monoisotopic (exact) mass is 905 g/mol. The molecular weight excluding hydrogens is 793 g/mol. The van der Waals surface area contributed by atoms with E-state index in [1.807, 2.05) is 0 Å². The largest absolute Gasteiger partial charge is 0.462 e. The minimum atomic E-state index is -0.760. The highest BCUT2D eigenvalue weighted by molar-refractivity contribution is 5.71. The first kappa shape index (κ1) is 62.4. The third-order valence-electron chi connectivity index (χ3n) is 13.4. The molecule has 0 rings (SSSR count). The molecule has 0 bridgehead atoms. The van der Waals surface area contributed by atoms with Crippen LogP contribution in [0.5, 0.6) is 0 Å². The lowest BCUT2D eigenvalue weighted by molar-refractivity contribution is -0.167. The van der Waals surface area contributed by atoms with Crippen molar-refractivity contribution in [1.29, 1.82) is 0 Å². The molecular formula is C58H112O6. The van der Waals surface area contributed by atoms with Crippen molar-refractivity contribution in [2.24, 2.45) is 0 Å². The molecule has 1 atom stereocenters. The second kappa shape index (κ2) is 54.0. The quantitative estimate of drug-likeness (QED) is 0.0344. The first-order valence-corrected chi connectivity index (χ1v) is 29.0. The highest BCUT2D eigenvalue weighted by atomic mass is 16.6. The van der Waals surface area contributed by atoms with Gasteiger partial charge in [-0.15, -0.1) is 0 Å². The molecule has 0 aromatic heterocycles. The van der Waals surface area contributed by atoms with Crippen molar-refractivity contribution >= 4 is 17.9 Å². The van der Waals surface area contributed by atoms with Gasteiger partial charge >= 0.3 is 17.9 Å². The van der Waals surface area contributed by atoms with E-state index < -0.39 is 6.10 Å². The Labute approximate surface area is 399 Å². The van der Waals surface area contributed by atoms with E-state index in [2.05, 4.69) is 20.8 Å². The molecule has 0 aromatic rings. The summed E-state index contributed by atoms with van der Waals surface area (Å²) in [4.78, 5) is 38.1. The van der Waals surface area contributed by atoms with Gasteiger partial charge in [0.2, 0.25) is 0 Å². The summed E-state index contributed by atoms with van der Waals surface area (Å²) in [6.07, 6.45) is 59.5. The van der Waals surface area contributed by atoms with Crippen LogP contribution >= 0.6 is 0 Å². The van der Waals surface area contributed by atoms with Crippen molar-refractivity contribution in [2.45, 2.75) is 341 Å². The second-order valence-electron chi connectivity index (χ2n) is 19.9. The van der Waals surface area contributed by atoms with E-state index in [0.717, 1.165) is 57.8 Å². The molecule has 0 heterocycles. The van der Waals surface area contributed by atoms with Gasteiger partial charge in [0.25, 0.3) is 0 Å². The van der Waals surface area contributed by atoms with E-state index >= 15 is 0 Å². The van der Waals surface area contributed by atoms with Crippen LogP contribution in [0.1, 0.15) is 335 Å². The number of rotatable bonds is 54. The summed E-state index contributed by atoms with van der Waals surface area (Å²) in [5.74, 6) is -0.832. The van der Waals surface area contributed by atoms with Crippen LogP contribution in [0, 0.1) is 0 Å². The lowest BCUT2D eigenvalue weighted by atomic mass is 10.0. The van der Waals surface area contributed by atoms with Gasteiger partial charge < -0.3 is 14.2 Å². The maximum Gasteiger partial charge on any atom is 0.306 e. The fourth-order valence-corrected chi connectivity index (χ4v) is 8.98. The van der Waals surface area contributed by atoms with Crippen LogP contribution in [-0.2, 0) is 28.6 Å². The van der Waals surface area contributed by atoms with E-state index in [9.17, 15) is 14.4 Å². The van der Waals surface area contributed by atoms with Gasteiger partial charge in [-0.2, -0.15) is 0 Å². The predicted molar refractivity (Wildman–Crippen MR) is 275 cm³/mol. The molecule has 380 valence electrons. The van der Waals surface area contributed by atoms with Crippen molar-refractivity contribution in [2.75, 3.05) is 13.2 Å². The normalized spacial score (nSPS) is 11.9. The van der Waals surface area contributed by atoms with Crippen molar-refractivity contribution in [3.8, 4) is 0 Å². The Kier molecular flexibility index (Phi) is 52.7. The zero-order valence-corrected chi connectivity index (χ0v) is 43.6. The van der Waals surface area contributed by atoms with Crippen molar-refractivity contribution in [3.05, 3.63) is 0 Å². The average Bonchev–Trinajstić information content (AvgIpc) is 3.29. The Hall–Kier alpha value is -1.59. The summed E-state index contributed by atoms with van der Waals surface area (Å²) in [7, 11) is 0. The van der Waals surface area contributed by atoms with E-state index in [4.69, 9.17) is 14.2 Å². The Bertz CT molecular complexity index is 951. The summed E-state index contributed by atoms with van der Waals surface area (Å²) in [5.41, 5.74) is 0. The Morgan fingerprint density at radius 1 is 0.250 bits per heavy atom. The number of ether oxygens (including phenoxy) is 3. The van der Waals surface area contributed by atoms with Crippen molar-refractivity contribution in [1.82, 2.24) is 0 Å². The van der Waals surface area contributed by atoms with Gasteiger partial charge in [-0.25, -0.2) is 0 Å². The highest BCUT2D eigenvalue weighted by Crippen LogP contribution is 2.18. The molecule has 0 aliphatic rings. The maximum atomic E-state index is 12.8. The molecule has 0 saturated carbocycles. The third-order valence-corrected chi connectivity index (χ3v) is 13.4. The van der Waals surface area contributed by atoms with Crippen LogP contribution < -0.4 is 0 Å². The summed E-state index contributed by atoms with van der Waals surface area (Å²) in [5, 5.41) is 0. The lowest BCUT2D eigenvalue weighted by Crippen LogP contribution is -2.30. The number of hydrogen-bond donors (Lipinski definition) is 0. The highest BCUT2D eigenvalue weighted by Gasteiger charge is 2.19. The summed E-state index contributed by atoms with van der Waals surface area (Å²) < 4.78 is 16.9. The van der Waals surface area contributed by atoms with Gasteiger partial charge in [-0.1, -0.05) is 297 Å². The number of carbonyl (C=O) groups is 3. The van der Waals surface area contributed by atoms with Gasteiger partial charge in [0.1, 0.15) is 13.2 Å². The van der Waals surface area contributed by atoms with Crippen LogP contribution in [-0.4, -0.2) is 37.2 Å². The first-order valence-electron chi connectivity index (χ1n) is 29.0. The number of hydrogen-bond acceptors (Lipinski definition) is 6. The van der Waals surface area contributed by atoms with Gasteiger partial charge in [0.05, 0.1) is 0 Å². The van der Waals surface area contributed by atoms with Gasteiger partial charge in [0, 0.05) is 19.3 Å². The lowest BCUT2D eigenvalue weighted by Gasteiger charge is -2.18. The topological polar surface area (TPSA) is 78.9 Å². The first-order chi connectivity index (χ1) is 31.5.